The summed E-state index contributed by atoms with van der Waals surface area (Å²) >= 11 is 0. The van der Waals surface area contributed by atoms with E-state index in [0.29, 0.717) is 24.5 Å². The second-order valence-corrected chi connectivity index (χ2v) is 6.06. The van der Waals surface area contributed by atoms with Crippen LogP contribution in [0.3, 0.4) is 0 Å². The predicted octanol–water partition coefficient (Wildman–Crippen LogP) is 2.46. The molecule has 2 aromatic rings. The van der Waals surface area contributed by atoms with Gasteiger partial charge in [0.15, 0.2) is 11.5 Å². The van der Waals surface area contributed by atoms with Gasteiger partial charge in [0.05, 0.1) is 6.04 Å². The molecule has 1 aliphatic rings. The minimum absolute atomic E-state index is 0.124. The number of carbonyl (C=O) groups is 2. The highest BCUT2D eigenvalue weighted by Gasteiger charge is 2.16. The van der Waals surface area contributed by atoms with Crippen LogP contribution in [0, 0.1) is 0 Å². The second-order valence-electron chi connectivity index (χ2n) is 6.06. The monoisotopic (exact) mass is 354 g/mol. The Balaban J connectivity index is 1.46. The molecule has 1 aliphatic heterocycles. The summed E-state index contributed by atoms with van der Waals surface area (Å²) in [5.74, 6) is 1.12. The number of rotatable bonds is 6. The summed E-state index contributed by atoms with van der Waals surface area (Å²) in [6.07, 6.45) is 0.216. The lowest BCUT2D eigenvalue weighted by atomic mass is 10.1. The molecule has 0 saturated carbocycles. The minimum Gasteiger partial charge on any atom is -0.486 e. The van der Waals surface area contributed by atoms with Gasteiger partial charge in [-0.1, -0.05) is 24.3 Å². The Bertz CT molecular complexity index is 777. The maximum atomic E-state index is 12.1. The molecule has 6 heteroatoms. The summed E-state index contributed by atoms with van der Waals surface area (Å²) in [5, 5.41) is 5.68. The van der Waals surface area contributed by atoms with E-state index in [9.17, 15) is 9.59 Å². The topological polar surface area (TPSA) is 76.7 Å². The normalized spacial score (nSPS) is 13.6. The summed E-state index contributed by atoms with van der Waals surface area (Å²) in [7, 11) is 0. The summed E-state index contributed by atoms with van der Waals surface area (Å²) in [6.45, 7) is 3.27. The molecule has 1 atom stereocenters. The van der Waals surface area contributed by atoms with Crippen LogP contribution < -0.4 is 20.1 Å². The number of carbonyl (C=O) groups excluding carboxylic acids is 2. The van der Waals surface area contributed by atoms with Crippen molar-refractivity contribution in [3.8, 4) is 11.5 Å². The van der Waals surface area contributed by atoms with E-state index in [1.165, 1.54) is 0 Å². The lowest BCUT2D eigenvalue weighted by Crippen LogP contribution is -2.32. The van der Waals surface area contributed by atoms with Gasteiger partial charge < -0.3 is 20.1 Å². The smallest absolute Gasteiger partial charge is 0.251 e. The first-order valence-electron chi connectivity index (χ1n) is 8.65. The Hall–Kier alpha value is -3.02. The van der Waals surface area contributed by atoms with Crippen LogP contribution in [0.25, 0.3) is 0 Å². The fraction of sp³-hybridized carbons (Fsp3) is 0.300. The quantitative estimate of drug-likeness (QED) is 0.835. The molecule has 26 heavy (non-hydrogen) atoms. The van der Waals surface area contributed by atoms with Crippen molar-refractivity contribution in [3.05, 3.63) is 59.7 Å². The van der Waals surface area contributed by atoms with Gasteiger partial charge in [0.2, 0.25) is 5.91 Å². The molecule has 3 rings (SSSR count). The lowest BCUT2D eigenvalue weighted by Gasteiger charge is -2.21. The van der Waals surface area contributed by atoms with Gasteiger partial charge in [-0.05, 0) is 36.8 Å². The van der Waals surface area contributed by atoms with Gasteiger partial charge in [-0.3, -0.25) is 9.59 Å². The highest BCUT2D eigenvalue weighted by atomic mass is 16.6. The average molecular weight is 354 g/mol. The summed E-state index contributed by atoms with van der Waals surface area (Å²) < 4.78 is 11.1. The molecule has 6 nitrogen and oxygen atoms in total. The number of nitrogens with one attached hydrogen (secondary N) is 2. The van der Waals surface area contributed by atoms with E-state index in [2.05, 4.69) is 10.6 Å². The van der Waals surface area contributed by atoms with Crippen LogP contribution in [-0.2, 0) is 4.79 Å². The Morgan fingerprint density at radius 3 is 2.54 bits per heavy atom. The van der Waals surface area contributed by atoms with Crippen molar-refractivity contribution in [1.29, 1.82) is 0 Å². The van der Waals surface area contributed by atoms with E-state index in [1.807, 2.05) is 31.2 Å². The standard InChI is InChI=1S/C20H22N2O4/c1-14(16-7-8-17-18(13-16)26-12-11-25-17)22-19(23)9-10-21-20(24)15-5-3-2-4-6-15/h2-8,13-14H,9-12H2,1H3,(H,21,24)(H,22,23). The number of benzene rings is 2. The van der Waals surface area contributed by atoms with E-state index in [1.54, 1.807) is 24.3 Å². The zero-order chi connectivity index (χ0) is 18.4. The van der Waals surface area contributed by atoms with Crippen LogP contribution in [0.4, 0.5) is 0 Å². The molecule has 136 valence electrons. The van der Waals surface area contributed by atoms with Crippen molar-refractivity contribution in [2.75, 3.05) is 19.8 Å². The van der Waals surface area contributed by atoms with Crippen LogP contribution >= 0.6 is 0 Å². The SMILES string of the molecule is CC(NC(=O)CCNC(=O)c1ccccc1)c1ccc2c(c1)OCCO2. The van der Waals surface area contributed by atoms with Gasteiger partial charge in [-0.25, -0.2) is 0 Å². The molecule has 0 aromatic heterocycles. The molecular weight excluding hydrogens is 332 g/mol. The van der Waals surface area contributed by atoms with Crippen LogP contribution in [0.15, 0.2) is 48.5 Å². The maximum absolute atomic E-state index is 12.1. The summed E-state index contributed by atoms with van der Waals surface area (Å²) in [6, 6.07) is 14.4. The molecule has 0 fully saturated rings. The molecule has 0 aliphatic carbocycles. The third kappa shape index (κ3) is 4.53. The van der Waals surface area contributed by atoms with Gasteiger partial charge >= 0.3 is 0 Å². The van der Waals surface area contributed by atoms with Crippen LogP contribution in [0.5, 0.6) is 11.5 Å². The molecule has 2 amide bonds. The second kappa shape index (κ2) is 8.38. The van der Waals surface area contributed by atoms with Crippen molar-refractivity contribution >= 4 is 11.8 Å². The molecule has 0 saturated heterocycles. The first-order valence-corrected chi connectivity index (χ1v) is 8.65. The third-order valence-electron chi connectivity index (χ3n) is 4.12. The van der Waals surface area contributed by atoms with Crippen molar-refractivity contribution in [2.45, 2.75) is 19.4 Å². The number of hydrogen-bond acceptors (Lipinski definition) is 4. The van der Waals surface area contributed by atoms with Gasteiger partial charge in [-0.2, -0.15) is 0 Å². The van der Waals surface area contributed by atoms with Crippen molar-refractivity contribution in [2.24, 2.45) is 0 Å². The number of fused-ring (bicyclic) bond motifs is 1. The molecular formula is C20H22N2O4. The van der Waals surface area contributed by atoms with E-state index >= 15 is 0 Å². The van der Waals surface area contributed by atoms with Crippen LogP contribution in [-0.4, -0.2) is 31.6 Å². The molecule has 2 N–H and O–H groups in total. The summed E-state index contributed by atoms with van der Waals surface area (Å²) in [4.78, 5) is 24.1. The maximum Gasteiger partial charge on any atom is 0.251 e. The van der Waals surface area contributed by atoms with Gasteiger partial charge in [0.1, 0.15) is 13.2 Å². The molecule has 2 aromatic carbocycles. The minimum atomic E-state index is -0.182. The van der Waals surface area contributed by atoms with Crippen molar-refractivity contribution < 1.29 is 19.1 Å². The van der Waals surface area contributed by atoms with Crippen LogP contribution in [0.1, 0.15) is 35.3 Å². The highest BCUT2D eigenvalue weighted by Crippen LogP contribution is 2.32. The number of amides is 2. The fourth-order valence-corrected chi connectivity index (χ4v) is 2.71. The van der Waals surface area contributed by atoms with E-state index in [0.717, 1.165) is 11.3 Å². The van der Waals surface area contributed by atoms with E-state index < -0.39 is 0 Å². The fourth-order valence-electron chi connectivity index (χ4n) is 2.71. The first-order chi connectivity index (χ1) is 12.6. The largest absolute Gasteiger partial charge is 0.486 e. The highest BCUT2D eigenvalue weighted by molar-refractivity contribution is 5.94. The predicted molar refractivity (Wildman–Crippen MR) is 97.4 cm³/mol. The van der Waals surface area contributed by atoms with Gasteiger partial charge in [0.25, 0.3) is 5.91 Å². The zero-order valence-corrected chi connectivity index (χ0v) is 14.7. The average Bonchev–Trinajstić information content (AvgIpc) is 2.68. The molecule has 0 spiro atoms. The Morgan fingerprint density at radius 1 is 1.04 bits per heavy atom. The number of hydrogen-bond donors (Lipinski definition) is 2. The number of ether oxygens (including phenoxy) is 2. The Kier molecular flexibility index (Phi) is 5.73. The Morgan fingerprint density at radius 2 is 1.77 bits per heavy atom. The molecule has 0 radical (unpaired) electrons. The van der Waals surface area contributed by atoms with Crippen molar-refractivity contribution in [1.82, 2.24) is 10.6 Å². The molecule has 1 heterocycles. The molecule has 0 bridgehead atoms. The lowest BCUT2D eigenvalue weighted by molar-refractivity contribution is -0.121. The first kappa shape index (κ1) is 17.8. The zero-order valence-electron chi connectivity index (χ0n) is 14.7. The van der Waals surface area contributed by atoms with E-state index in [4.69, 9.17) is 9.47 Å². The van der Waals surface area contributed by atoms with Gasteiger partial charge in [-0.15, -0.1) is 0 Å². The molecule has 1 unspecified atom stereocenters. The van der Waals surface area contributed by atoms with Gasteiger partial charge in [0, 0.05) is 18.5 Å². The van der Waals surface area contributed by atoms with Crippen molar-refractivity contribution in [3.63, 3.8) is 0 Å². The van der Waals surface area contributed by atoms with E-state index in [-0.39, 0.29) is 30.8 Å². The third-order valence-corrected chi connectivity index (χ3v) is 4.12. The van der Waals surface area contributed by atoms with Crippen LogP contribution in [0.2, 0.25) is 0 Å². The summed E-state index contributed by atoms with van der Waals surface area (Å²) in [5.41, 5.74) is 1.52. The Labute approximate surface area is 152 Å².